The number of aromatic nitrogens is 2. The van der Waals surface area contributed by atoms with E-state index in [1.165, 1.54) is 12.0 Å². The number of benzene rings is 1. The molecule has 1 aromatic carbocycles. The van der Waals surface area contributed by atoms with Gasteiger partial charge in [-0.2, -0.15) is 5.10 Å². The summed E-state index contributed by atoms with van der Waals surface area (Å²) in [5, 5.41) is 7.71. The Bertz CT molecular complexity index is 1020. The van der Waals surface area contributed by atoms with E-state index < -0.39 is 9.84 Å². The van der Waals surface area contributed by atoms with Crippen LogP contribution in [0.25, 0.3) is 11.3 Å². The van der Waals surface area contributed by atoms with E-state index in [9.17, 15) is 13.2 Å². The number of rotatable bonds is 4. The Hall–Kier alpha value is -2.15. The van der Waals surface area contributed by atoms with Crippen LogP contribution in [-0.4, -0.2) is 41.7 Å². The van der Waals surface area contributed by atoms with Crippen molar-refractivity contribution in [3.8, 4) is 11.3 Å². The maximum Gasteiger partial charge on any atom is 0.272 e. The summed E-state index contributed by atoms with van der Waals surface area (Å²) in [5.74, 6) is 0.0885. The van der Waals surface area contributed by atoms with Gasteiger partial charge in [0, 0.05) is 11.6 Å². The van der Waals surface area contributed by atoms with Gasteiger partial charge in [0.2, 0.25) is 0 Å². The van der Waals surface area contributed by atoms with Gasteiger partial charge >= 0.3 is 0 Å². The molecule has 4 rings (SSSR count). The van der Waals surface area contributed by atoms with Crippen molar-refractivity contribution in [2.45, 2.75) is 64.5 Å². The zero-order valence-electron chi connectivity index (χ0n) is 17.1. The van der Waals surface area contributed by atoms with E-state index in [1.54, 1.807) is 4.68 Å². The fourth-order valence-electron chi connectivity index (χ4n) is 4.37. The minimum atomic E-state index is -3.05. The number of aryl methyl sites for hydroxylation is 2. The molecule has 2 heterocycles. The zero-order chi connectivity index (χ0) is 20.6. The van der Waals surface area contributed by atoms with Gasteiger partial charge in [0.25, 0.3) is 5.91 Å². The van der Waals surface area contributed by atoms with Crippen LogP contribution in [0.2, 0.25) is 0 Å². The fraction of sp³-hybridized carbons (Fsp3) is 0.545. The molecule has 1 aliphatic carbocycles. The lowest BCUT2D eigenvalue weighted by Crippen LogP contribution is -2.36. The Morgan fingerprint density at radius 1 is 1.07 bits per heavy atom. The molecule has 1 N–H and O–H groups in total. The summed E-state index contributed by atoms with van der Waals surface area (Å²) in [6.07, 6.45) is 6.08. The first kappa shape index (κ1) is 20.1. The average Bonchev–Trinajstić information content (AvgIpc) is 3.28. The SMILES string of the molecule is Cc1ccc(-c2cc(C(=O)NC3CCCCC3)nn2[C@@H]2CCS(=O)(=O)C2)cc1C. The smallest absolute Gasteiger partial charge is 0.272 e. The van der Waals surface area contributed by atoms with Crippen molar-refractivity contribution in [1.29, 1.82) is 0 Å². The minimum Gasteiger partial charge on any atom is -0.348 e. The molecule has 156 valence electrons. The normalized spacial score (nSPS) is 21.9. The summed E-state index contributed by atoms with van der Waals surface area (Å²) in [5.41, 5.74) is 4.49. The molecule has 2 fully saturated rings. The van der Waals surface area contributed by atoms with Crippen molar-refractivity contribution in [3.05, 3.63) is 41.1 Å². The number of nitrogens with zero attached hydrogens (tertiary/aromatic N) is 2. The molecule has 1 saturated carbocycles. The van der Waals surface area contributed by atoms with Gasteiger partial charge in [0.05, 0.1) is 23.2 Å². The first-order valence-electron chi connectivity index (χ1n) is 10.5. The number of hydrogen-bond acceptors (Lipinski definition) is 4. The van der Waals surface area contributed by atoms with Gasteiger partial charge in [-0.3, -0.25) is 9.48 Å². The van der Waals surface area contributed by atoms with E-state index in [1.807, 2.05) is 12.1 Å². The highest BCUT2D eigenvalue weighted by atomic mass is 32.2. The molecular weight excluding hydrogens is 386 g/mol. The number of amides is 1. The largest absolute Gasteiger partial charge is 0.348 e. The van der Waals surface area contributed by atoms with E-state index >= 15 is 0 Å². The van der Waals surface area contributed by atoms with Crippen LogP contribution in [0.4, 0.5) is 0 Å². The van der Waals surface area contributed by atoms with Crippen LogP contribution in [0.3, 0.4) is 0 Å². The summed E-state index contributed by atoms with van der Waals surface area (Å²) >= 11 is 0. The van der Waals surface area contributed by atoms with Crippen molar-refractivity contribution in [2.24, 2.45) is 0 Å². The Kier molecular flexibility index (Phi) is 5.51. The van der Waals surface area contributed by atoms with Gasteiger partial charge in [-0.1, -0.05) is 31.4 Å². The molecule has 7 heteroatoms. The van der Waals surface area contributed by atoms with E-state index in [0.717, 1.165) is 42.5 Å². The van der Waals surface area contributed by atoms with Crippen LogP contribution in [0, 0.1) is 13.8 Å². The lowest BCUT2D eigenvalue weighted by molar-refractivity contribution is 0.0921. The quantitative estimate of drug-likeness (QED) is 0.827. The second-order valence-corrected chi connectivity index (χ2v) is 10.8. The van der Waals surface area contributed by atoms with E-state index in [0.29, 0.717) is 12.1 Å². The van der Waals surface area contributed by atoms with E-state index in [-0.39, 0.29) is 29.5 Å². The molecule has 0 spiro atoms. The van der Waals surface area contributed by atoms with Crippen molar-refractivity contribution >= 4 is 15.7 Å². The molecule has 2 aliphatic rings. The van der Waals surface area contributed by atoms with Crippen molar-refractivity contribution in [1.82, 2.24) is 15.1 Å². The van der Waals surface area contributed by atoms with Gasteiger partial charge in [0.1, 0.15) is 0 Å². The molecular formula is C22H29N3O3S. The molecule has 0 radical (unpaired) electrons. The molecule has 0 unspecified atom stereocenters. The molecule has 1 saturated heterocycles. The maximum absolute atomic E-state index is 12.9. The van der Waals surface area contributed by atoms with E-state index in [2.05, 4.69) is 36.4 Å². The molecule has 29 heavy (non-hydrogen) atoms. The lowest BCUT2D eigenvalue weighted by Gasteiger charge is -2.22. The highest BCUT2D eigenvalue weighted by Gasteiger charge is 2.32. The number of nitrogens with one attached hydrogen (secondary N) is 1. The average molecular weight is 416 g/mol. The number of sulfone groups is 1. The van der Waals surface area contributed by atoms with Crippen LogP contribution < -0.4 is 5.32 Å². The van der Waals surface area contributed by atoms with Crippen molar-refractivity contribution < 1.29 is 13.2 Å². The third kappa shape index (κ3) is 4.39. The van der Waals surface area contributed by atoms with Gasteiger partial charge in [0.15, 0.2) is 15.5 Å². The highest BCUT2D eigenvalue weighted by Crippen LogP contribution is 2.31. The Morgan fingerprint density at radius 3 is 2.48 bits per heavy atom. The Labute approximate surface area is 172 Å². The zero-order valence-corrected chi connectivity index (χ0v) is 18.0. The van der Waals surface area contributed by atoms with Crippen LogP contribution in [-0.2, 0) is 9.84 Å². The van der Waals surface area contributed by atoms with Crippen LogP contribution in [0.1, 0.15) is 66.2 Å². The molecule has 1 amide bonds. The van der Waals surface area contributed by atoms with Crippen LogP contribution in [0.15, 0.2) is 24.3 Å². The van der Waals surface area contributed by atoms with Gasteiger partial charge in [-0.05, 0) is 56.4 Å². The minimum absolute atomic E-state index is 0.0796. The standard InChI is InChI=1S/C22H29N3O3S/c1-15-8-9-17(12-16(15)2)21-13-20(22(26)23-18-6-4-3-5-7-18)24-25(21)19-10-11-29(27,28)14-19/h8-9,12-13,18-19H,3-7,10-11,14H2,1-2H3,(H,23,26)/t19-/m1/s1. The Balaban J connectivity index is 1.68. The molecule has 1 atom stereocenters. The number of carbonyl (C=O) groups excluding carboxylic acids is 1. The molecule has 6 nitrogen and oxygen atoms in total. The third-order valence-electron chi connectivity index (χ3n) is 6.27. The molecule has 1 aliphatic heterocycles. The van der Waals surface area contributed by atoms with Crippen LogP contribution in [0.5, 0.6) is 0 Å². The summed E-state index contributed by atoms with van der Waals surface area (Å²) < 4.78 is 25.9. The number of carbonyl (C=O) groups is 1. The summed E-state index contributed by atoms with van der Waals surface area (Å²) in [6.45, 7) is 4.11. The number of hydrogen-bond donors (Lipinski definition) is 1. The topological polar surface area (TPSA) is 81.1 Å². The Morgan fingerprint density at radius 2 is 1.83 bits per heavy atom. The maximum atomic E-state index is 12.9. The van der Waals surface area contributed by atoms with Crippen LogP contribution >= 0.6 is 0 Å². The summed E-state index contributed by atoms with van der Waals surface area (Å²) in [4.78, 5) is 12.9. The summed E-state index contributed by atoms with van der Waals surface area (Å²) in [7, 11) is -3.05. The second-order valence-electron chi connectivity index (χ2n) is 8.52. The first-order chi connectivity index (χ1) is 13.8. The summed E-state index contributed by atoms with van der Waals surface area (Å²) in [6, 6.07) is 7.94. The van der Waals surface area contributed by atoms with E-state index in [4.69, 9.17) is 0 Å². The third-order valence-corrected chi connectivity index (χ3v) is 8.02. The predicted molar refractivity (Wildman–Crippen MR) is 114 cm³/mol. The lowest BCUT2D eigenvalue weighted by atomic mass is 9.95. The van der Waals surface area contributed by atoms with Gasteiger partial charge in [-0.15, -0.1) is 0 Å². The fourth-order valence-corrected chi connectivity index (χ4v) is 6.07. The molecule has 0 bridgehead atoms. The van der Waals surface area contributed by atoms with Gasteiger partial charge in [-0.25, -0.2) is 8.42 Å². The molecule has 2 aromatic rings. The first-order valence-corrected chi connectivity index (χ1v) is 12.3. The second kappa shape index (κ2) is 7.94. The monoisotopic (exact) mass is 415 g/mol. The molecule has 1 aromatic heterocycles. The predicted octanol–water partition coefficient (Wildman–Crippen LogP) is 3.59. The van der Waals surface area contributed by atoms with Crippen molar-refractivity contribution in [3.63, 3.8) is 0 Å². The van der Waals surface area contributed by atoms with Gasteiger partial charge < -0.3 is 5.32 Å². The van der Waals surface area contributed by atoms with Crippen molar-refractivity contribution in [2.75, 3.05) is 11.5 Å². The highest BCUT2D eigenvalue weighted by molar-refractivity contribution is 7.91.